The maximum atomic E-state index is 12.8. The second-order valence-corrected chi connectivity index (χ2v) is 10.4. The van der Waals surface area contributed by atoms with Crippen LogP contribution in [0.2, 0.25) is 0 Å². The van der Waals surface area contributed by atoms with E-state index in [9.17, 15) is 23.3 Å². The standard InChI is InChI=1S/C20H22N4O5S2/c25-20(23-11-3-4-15-12-16(24(26)27)5-7-18(15)23)14-30-19-8-6-17(13-21-19)31(28,29)22-9-1-2-10-22/h5-8,12-13H,1-4,9-11,14H2. The van der Waals surface area contributed by atoms with Crippen LogP contribution < -0.4 is 4.90 Å². The van der Waals surface area contributed by atoms with E-state index in [1.165, 1.54) is 40.5 Å². The van der Waals surface area contributed by atoms with Crippen LogP contribution in [0.5, 0.6) is 0 Å². The van der Waals surface area contributed by atoms with Crippen LogP contribution in [0.15, 0.2) is 46.5 Å². The molecule has 0 saturated carbocycles. The lowest BCUT2D eigenvalue weighted by atomic mass is 10.0. The Bertz CT molecular complexity index is 1100. The fraction of sp³-hybridized carbons (Fsp3) is 0.400. The summed E-state index contributed by atoms with van der Waals surface area (Å²) in [6.07, 6.45) is 4.52. The summed E-state index contributed by atoms with van der Waals surface area (Å²) < 4.78 is 26.6. The number of amides is 1. The van der Waals surface area contributed by atoms with Crippen molar-refractivity contribution in [2.75, 3.05) is 30.3 Å². The zero-order valence-electron chi connectivity index (χ0n) is 16.8. The van der Waals surface area contributed by atoms with Crippen LogP contribution >= 0.6 is 11.8 Å². The highest BCUT2D eigenvalue weighted by Crippen LogP contribution is 2.31. The van der Waals surface area contributed by atoms with Crippen LogP contribution in [0.4, 0.5) is 11.4 Å². The molecule has 4 rings (SSSR count). The molecule has 0 unspecified atom stereocenters. The van der Waals surface area contributed by atoms with Gasteiger partial charge in [0, 0.05) is 43.7 Å². The number of aryl methyl sites for hydroxylation is 1. The smallest absolute Gasteiger partial charge is 0.269 e. The van der Waals surface area contributed by atoms with Crippen molar-refractivity contribution in [3.05, 3.63) is 52.2 Å². The third kappa shape index (κ3) is 4.58. The van der Waals surface area contributed by atoms with E-state index < -0.39 is 14.9 Å². The largest absolute Gasteiger partial charge is 0.311 e. The molecule has 2 aliphatic rings. The molecule has 1 aromatic heterocycles. The van der Waals surface area contributed by atoms with E-state index in [1.807, 2.05) is 0 Å². The van der Waals surface area contributed by atoms with Crippen molar-refractivity contribution >= 4 is 39.1 Å². The molecule has 0 N–H and O–H groups in total. The van der Waals surface area contributed by atoms with Crippen LogP contribution in [0, 0.1) is 10.1 Å². The second-order valence-electron chi connectivity index (χ2n) is 7.45. The minimum atomic E-state index is -3.51. The van der Waals surface area contributed by atoms with Gasteiger partial charge in [0.25, 0.3) is 5.69 Å². The number of non-ortho nitro benzene ring substituents is 1. The maximum absolute atomic E-state index is 12.8. The number of rotatable bonds is 6. The minimum Gasteiger partial charge on any atom is -0.311 e. The summed E-state index contributed by atoms with van der Waals surface area (Å²) in [5.41, 5.74) is 1.53. The molecule has 1 saturated heterocycles. The molecule has 0 radical (unpaired) electrons. The zero-order chi connectivity index (χ0) is 22.0. The summed E-state index contributed by atoms with van der Waals surface area (Å²) in [5, 5.41) is 11.6. The predicted octanol–water partition coefficient (Wildman–Crippen LogP) is 2.85. The minimum absolute atomic E-state index is 0.0237. The average Bonchev–Trinajstić information content (AvgIpc) is 3.33. The first-order chi connectivity index (χ1) is 14.9. The molecule has 0 spiro atoms. The monoisotopic (exact) mass is 462 g/mol. The van der Waals surface area contributed by atoms with Crippen molar-refractivity contribution in [2.45, 2.75) is 35.6 Å². The number of fused-ring (bicyclic) bond motifs is 1. The van der Waals surface area contributed by atoms with Crippen molar-refractivity contribution in [1.29, 1.82) is 0 Å². The Morgan fingerprint density at radius 1 is 1.13 bits per heavy atom. The number of thioether (sulfide) groups is 1. The van der Waals surface area contributed by atoms with Crippen molar-refractivity contribution in [3.8, 4) is 0 Å². The molecule has 1 aromatic carbocycles. The zero-order valence-corrected chi connectivity index (χ0v) is 18.4. The summed E-state index contributed by atoms with van der Waals surface area (Å²) >= 11 is 1.24. The van der Waals surface area contributed by atoms with Gasteiger partial charge in [0.15, 0.2) is 0 Å². The third-order valence-electron chi connectivity index (χ3n) is 5.45. The van der Waals surface area contributed by atoms with Gasteiger partial charge in [-0.15, -0.1) is 0 Å². The van der Waals surface area contributed by atoms with Crippen LogP contribution in [0.3, 0.4) is 0 Å². The highest BCUT2D eigenvalue weighted by molar-refractivity contribution is 7.99. The summed E-state index contributed by atoms with van der Waals surface area (Å²) in [6, 6.07) is 7.73. The lowest BCUT2D eigenvalue weighted by Crippen LogP contribution is -2.36. The lowest BCUT2D eigenvalue weighted by molar-refractivity contribution is -0.384. The summed E-state index contributed by atoms with van der Waals surface area (Å²) in [5.74, 6) is 0.0251. The van der Waals surface area contributed by atoms with Crippen molar-refractivity contribution < 1.29 is 18.1 Å². The lowest BCUT2D eigenvalue weighted by Gasteiger charge is -2.29. The Kier molecular flexibility index (Phi) is 6.26. The molecule has 0 atom stereocenters. The molecule has 11 heteroatoms. The topological polar surface area (TPSA) is 114 Å². The molecule has 0 aliphatic carbocycles. The van der Waals surface area contributed by atoms with Gasteiger partial charge in [-0.2, -0.15) is 4.31 Å². The van der Waals surface area contributed by atoms with E-state index in [2.05, 4.69) is 4.98 Å². The van der Waals surface area contributed by atoms with Crippen molar-refractivity contribution in [1.82, 2.24) is 9.29 Å². The normalized spacial score (nSPS) is 16.8. The van der Waals surface area contributed by atoms with Gasteiger partial charge in [-0.25, -0.2) is 13.4 Å². The van der Waals surface area contributed by atoms with Crippen LogP contribution in [-0.2, 0) is 21.2 Å². The maximum Gasteiger partial charge on any atom is 0.269 e. The van der Waals surface area contributed by atoms with E-state index in [0.717, 1.165) is 24.8 Å². The number of sulfonamides is 1. The fourth-order valence-corrected chi connectivity index (χ4v) is 6.03. The summed E-state index contributed by atoms with van der Waals surface area (Å²) in [6.45, 7) is 1.63. The van der Waals surface area contributed by atoms with E-state index in [4.69, 9.17) is 0 Å². The fourth-order valence-electron chi connectivity index (χ4n) is 3.85. The number of pyridine rings is 1. The van der Waals surface area contributed by atoms with Crippen LogP contribution in [-0.4, -0.2) is 53.9 Å². The Hall–Kier alpha value is -2.50. The first-order valence-electron chi connectivity index (χ1n) is 10.0. The van der Waals surface area contributed by atoms with Gasteiger partial charge in [0.2, 0.25) is 15.9 Å². The second kappa shape index (κ2) is 8.93. The Labute approximate surface area is 184 Å². The molecule has 2 aliphatic heterocycles. The molecule has 31 heavy (non-hydrogen) atoms. The number of carbonyl (C=O) groups is 1. The number of anilines is 1. The number of hydrogen-bond donors (Lipinski definition) is 0. The molecule has 0 bridgehead atoms. The van der Waals surface area contributed by atoms with E-state index in [-0.39, 0.29) is 22.2 Å². The van der Waals surface area contributed by atoms with Gasteiger partial charge in [-0.05, 0) is 49.4 Å². The molecule has 1 fully saturated rings. The van der Waals surface area contributed by atoms with Gasteiger partial charge in [0.05, 0.1) is 15.7 Å². The Morgan fingerprint density at radius 3 is 2.58 bits per heavy atom. The van der Waals surface area contributed by atoms with Crippen LogP contribution in [0.25, 0.3) is 0 Å². The highest BCUT2D eigenvalue weighted by atomic mass is 32.2. The molecule has 3 heterocycles. The van der Waals surface area contributed by atoms with Gasteiger partial charge in [0.1, 0.15) is 4.90 Å². The Morgan fingerprint density at radius 2 is 1.90 bits per heavy atom. The molecule has 9 nitrogen and oxygen atoms in total. The van der Waals surface area contributed by atoms with Crippen LogP contribution in [0.1, 0.15) is 24.8 Å². The van der Waals surface area contributed by atoms with Gasteiger partial charge in [-0.1, -0.05) is 11.8 Å². The number of nitrogens with zero attached hydrogens (tertiary/aromatic N) is 4. The number of nitro groups is 1. The molecule has 164 valence electrons. The van der Waals surface area contributed by atoms with Gasteiger partial charge in [-0.3, -0.25) is 14.9 Å². The quantitative estimate of drug-likeness (QED) is 0.368. The predicted molar refractivity (Wildman–Crippen MR) is 117 cm³/mol. The van der Waals surface area contributed by atoms with E-state index >= 15 is 0 Å². The number of benzene rings is 1. The molecule has 1 amide bonds. The number of hydrogen-bond acceptors (Lipinski definition) is 7. The van der Waals surface area contributed by atoms with Crippen molar-refractivity contribution in [2.24, 2.45) is 0 Å². The van der Waals surface area contributed by atoms with Gasteiger partial charge >= 0.3 is 0 Å². The number of carbonyl (C=O) groups excluding carboxylic acids is 1. The molecule has 2 aromatic rings. The average molecular weight is 463 g/mol. The van der Waals surface area contributed by atoms with E-state index in [1.54, 1.807) is 17.0 Å². The molecular weight excluding hydrogens is 440 g/mol. The first kappa shape index (κ1) is 21.7. The van der Waals surface area contributed by atoms with Crippen molar-refractivity contribution in [3.63, 3.8) is 0 Å². The number of aromatic nitrogens is 1. The summed E-state index contributed by atoms with van der Waals surface area (Å²) in [7, 11) is -3.51. The highest BCUT2D eigenvalue weighted by Gasteiger charge is 2.28. The van der Waals surface area contributed by atoms with E-state index in [0.29, 0.717) is 36.8 Å². The number of nitro benzene ring substituents is 1. The Balaban J connectivity index is 1.41. The first-order valence-corrected chi connectivity index (χ1v) is 12.5. The molecular formula is C20H22N4O5S2. The SMILES string of the molecule is O=C(CSc1ccc(S(=O)(=O)N2CCCC2)cn1)N1CCCc2cc([N+](=O)[O-])ccc21. The third-order valence-corrected chi connectivity index (χ3v) is 8.26. The summed E-state index contributed by atoms with van der Waals surface area (Å²) in [4.78, 5) is 29.4. The van der Waals surface area contributed by atoms with Gasteiger partial charge < -0.3 is 4.90 Å².